The Morgan fingerprint density at radius 3 is 2.95 bits per heavy atom. The first-order chi connectivity index (χ1) is 10.1. The first-order valence-electron chi connectivity index (χ1n) is 6.37. The van der Waals surface area contributed by atoms with Crippen LogP contribution in [0.1, 0.15) is 13.8 Å². The van der Waals surface area contributed by atoms with Crippen LogP contribution in [0.25, 0.3) is 10.9 Å². The van der Waals surface area contributed by atoms with Gasteiger partial charge >= 0.3 is 0 Å². The highest BCUT2D eigenvalue weighted by atomic mass is 16.7. The molecule has 0 bridgehead atoms. The van der Waals surface area contributed by atoms with E-state index in [0.717, 1.165) is 10.3 Å². The van der Waals surface area contributed by atoms with Gasteiger partial charge in [-0.1, -0.05) is 23.6 Å². The van der Waals surface area contributed by atoms with Crippen molar-refractivity contribution < 1.29 is 4.84 Å². The van der Waals surface area contributed by atoms with E-state index in [1.807, 2.05) is 19.9 Å². The van der Waals surface area contributed by atoms with Crippen LogP contribution in [0.2, 0.25) is 0 Å². The SMILES string of the molecule is C#CCOn1c(NNC=C(C)C)nc2ccccc2c1=O. The van der Waals surface area contributed by atoms with E-state index in [9.17, 15) is 4.79 Å². The van der Waals surface area contributed by atoms with Gasteiger partial charge in [0.15, 0.2) is 6.61 Å². The summed E-state index contributed by atoms with van der Waals surface area (Å²) in [7, 11) is 0. The lowest BCUT2D eigenvalue weighted by Gasteiger charge is -2.13. The third kappa shape index (κ3) is 3.34. The third-order valence-corrected chi connectivity index (χ3v) is 2.56. The molecule has 0 radical (unpaired) electrons. The van der Waals surface area contributed by atoms with Crippen molar-refractivity contribution in [3.63, 3.8) is 0 Å². The highest BCUT2D eigenvalue weighted by molar-refractivity contribution is 5.78. The summed E-state index contributed by atoms with van der Waals surface area (Å²) >= 11 is 0. The molecule has 0 fully saturated rings. The largest absolute Gasteiger partial charge is 0.394 e. The van der Waals surface area contributed by atoms with Crippen molar-refractivity contribution in [2.45, 2.75) is 13.8 Å². The maximum absolute atomic E-state index is 12.4. The summed E-state index contributed by atoms with van der Waals surface area (Å²) in [6.07, 6.45) is 6.92. The first-order valence-corrected chi connectivity index (χ1v) is 6.37. The van der Waals surface area contributed by atoms with Gasteiger partial charge < -0.3 is 10.3 Å². The molecule has 0 saturated heterocycles. The molecule has 108 valence electrons. The van der Waals surface area contributed by atoms with E-state index in [0.29, 0.717) is 10.9 Å². The number of anilines is 1. The van der Waals surface area contributed by atoms with Gasteiger partial charge in [-0.15, -0.1) is 11.2 Å². The van der Waals surface area contributed by atoms with E-state index >= 15 is 0 Å². The number of benzene rings is 1. The van der Waals surface area contributed by atoms with Gasteiger partial charge in [-0.05, 0) is 26.0 Å². The van der Waals surface area contributed by atoms with Crippen molar-refractivity contribution in [1.29, 1.82) is 0 Å². The lowest BCUT2D eigenvalue weighted by Crippen LogP contribution is -2.33. The molecule has 2 aromatic rings. The number of nitrogens with one attached hydrogen (secondary N) is 2. The molecule has 6 nitrogen and oxygen atoms in total. The molecular formula is C15H16N4O2. The average Bonchev–Trinajstić information content (AvgIpc) is 2.46. The molecule has 0 aliphatic heterocycles. The summed E-state index contributed by atoms with van der Waals surface area (Å²) in [5.41, 5.74) is 6.97. The Balaban J connectivity index is 2.47. The third-order valence-electron chi connectivity index (χ3n) is 2.56. The summed E-state index contributed by atoms with van der Waals surface area (Å²) < 4.78 is 1.05. The minimum Gasteiger partial charge on any atom is -0.394 e. The van der Waals surface area contributed by atoms with Crippen LogP contribution in [0, 0.1) is 12.3 Å². The number of hydrazine groups is 1. The highest BCUT2D eigenvalue weighted by Crippen LogP contribution is 2.09. The molecule has 0 aliphatic rings. The maximum atomic E-state index is 12.4. The van der Waals surface area contributed by atoms with Gasteiger partial charge in [0, 0.05) is 6.20 Å². The smallest absolute Gasteiger partial charge is 0.296 e. The molecule has 6 heteroatoms. The Labute approximate surface area is 122 Å². The second kappa shape index (κ2) is 6.48. The van der Waals surface area contributed by atoms with E-state index in [1.54, 1.807) is 24.4 Å². The Kier molecular flexibility index (Phi) is 4.46. The molecule has 2 rings (SSSR count). The number of para-hydroxylation sites is 1. The van der Waals surface area contributed by atoms with Gasteiger partial charge in [0.25, 0.3) is 11.5 Å². The molecule has 21 heavy (non-hydrogen) atoms. The maximum Gasteiger partial charge on any atom is 0.296 e. The monoisotopic (exact) mass is 284 g/mol. The number of terminal acetylenes is 1. The summed E-state index contributed by atoms with van der Waals surface area (Å²) in [6, 6.07) is 7.03. The Morgan fingerprint density at radius 2 is 2.24 bits per heavy atom. The number of hydrogen-bond donors (Lipinski definition) is 2. The van der Waals surface area contributed by atoms with Crippen molar-refractivity contribution in [1.82, 2.24) is 15.1 Å². The van der Waals surface area contributed by atoms with Crippen LogP contribution in [-0.2, 0) is 0 Å². The fourth-order valence-electron chi connectivity index (χ4n) is 1.66. The van der Waals surface area contributed by atoms with Gasteiger partial charge in [-0.3, -0.25) is 10.2 Å². The van der Waals surface area contributed by atoms with E-state index in [2.05, 4.69) is 21.8 Å². The molecule has 1 aromatic heterocycles. The van der Waals surface area contributed by atoms with Crippen LogP contribution in [0.5, 0.6) is 0 Å². The minimum absolute atomic E-state index is 0.0305. The molecule has 1 heterocycles. The summed E-state index contributed by atoms with van der Waals surface area (Å²) in [5.74, 6) is 2.55. The topological polar surface area (TPSA) is 68.2 Å². The van der Waals surface area contributed by atoms with Crippen molar-refractivity contribution in [2.24, 2.45) is 0 Å². The normalized spacial score (nSPS) is 9.76. The summed E-state index contributed by atoms with van der Waals surface area (Å²) in [5, 5.41) is 0.460. The molecule has 1 aromatic carbocycles. The summed E-state index contributed by atoms with van der Waals surface area (Å²) in [4.78, 5) is 22.0. The predicted octanol–water partition coefficient (Wildman–Crippen LogP) is 1.30. The van der Waals surface area contributed by atoms with Gasteiger partial charge in [0.2, 0.25) is 0 Å². The number of nitrogens with zero attached hydrogens (tertiary/aromatic N) is 2. The second-order valence-electron chi connectivity index (χ2n) is 4.52. The fraction of sp³-hybridized carbons (Fsp3) is 0.200. The molecule has 0 unspecified atom stereocenters. The zero-order chi connectivity index (χ0) is 15.2. The van der Waals surface area contributed by atoms with E-state index in [-0.39, 0.29) is 18.1 Å². The van der Waals surface area contributed by atoms with Crippen molar-refractivity contribution in [2.75, 3.05) is 12.0 Å². The average molecular weight is 284 g/mol. The molecule has 0 aliphatic carbocycles. The Bertz CT molecular complexity index is 767. The van der Waals surface area contributed by atoms with E-state index in [1.165, 1.54) is 0 Å². The number of fused-ring (bicyclic) bond motifs is 1. The van der Waals surface area contributed by atoms with E-state index < -0.39 is 0 Å². The zero-order valence-corrected chi connectivity index (χ0v) is 11.9. The highest BCUT2D eigenvalue weighted by Gasteiger charge is 2.11. The number of hydrogen-bond acceptors (Lipinski definition) is 5. The van der Waals surface area contributed by atoms with Crippen molar-refractivity contribution >= 4 is 16.9 Å². The quantitative estimate of drug-likeness (QED) is 0.640. The second-order valence-corrected chi connectivity index (χ2v) is 4.52. The molecule has 0 amide bonds. The van der Waals surface area contributed by atoms with Crippen LogP contribution < -0.4 is 21.2 Å². The number of allylic oxidation sites excluding steroid dienone is 1. The first kappa shape index (κ1) is 14.5. The molecule has 0 saturated carbocycles. The predicted molar refractivity (Wildman–Crippen MR) is 82.5 cm³/mol. The Morgan fingerprint density at radius 1 is 1.48 bits per heavy atom. The number of rotatable bonds is 5. The lowest BCUT2D eigenvalue weighted by atomic mass is 10.2. The van der Waals surface area contributed by atoms with Crippen LogP contribution in [0.15, 0.2) is 40.8 Å². The van der Waals surface area contributed by atoms with E-state index in [4.69, 9.17) is 11.3 Å². The van der Waals surface area contributed by atoms with Crippen molar-refractivity contribution in [3.05, 3.63) is 46.4 Å². The van der Waals surface area contributed by atoms with Crippen LogP contribution in [-0.4, -0.2) is 16.3 Å². The van der Waals surface area contributed by atoms with Gasteiger partial charge in [0.05, 0.1) is 10.9 Å². The van der Waals surface area contributed by atoms with Gasteiger partial charge in [-0.2, -0.15) is 0 Å². The minimum atomic E-state index is -0.322. The van der Waals surface area contributed by atoms with Crippen molar-refractivity contribution in [3.8, 4) is 12.3 Å². The Hall–Kier alpha value is -2.94. The molecule has 2 N–H and O–H groups in total. The molecule has 0 atom stereocenters. The zero-order valence-electron chi connectivity index (χ0n) is 11.9. The van der Waals surface area contributed by atoms with Crippen LogP contribution in [0.3, 0.4) is 0 Å². The standard InChI is InChI=1S/C15H16N4O2/c1-4-9-21-19-14(20)12-7-5-6-8-13(12)17-15(19)18-16-10-11(2)3/h1,5-8,10,16H,9H2,2-3H3,(H,17,18). The molecule has 0 spiro atoms. The van der Waals surface area contributed by atoms with Crippen LogP contribution in [0.4, 0.5) is 5.95 Å². The lowest BCUT2D eigenvalue weighted by molar-refractivity contribution is 0.133. The van der Waals surface area contributed by atoms with Gasteiger partial charge in [-0.25, -0.2) is 4.98 Å². The number of aromatic nitrogens is 2. The summed E-state index contributed by atoms with van der Waals surface area (Å²) in [6.45, 7) is 3.84. The fourth-order valence-corrected chi connectivity index (χ4v) is 1.66. The molecular weight excluding hydrogens is 268 g/mol. The van der Waals surface area contributed by atoms with Gasteiger partial charge in [0.1, 0.15) is 0 Å². The van der Waals surface area contributed by atoms with Crippen LogP contribution >= 0.6 is 0 Å².